The molecule has 1 N–H and O–H groups in total. The highest BCUT2D eigenvalue weighted by atomic mass is 35.5. The van der Waals surface area contributed by atoms with Crippen molar-refractivity contribution in [1.82, 2.24) is 9.97 Å². The average Bonchev–Trinajstić information content (AvgIpc) is 2.77. The number of aromatic nitrogens is 2. The van der Waals surface area contributed by atoms with Crippen LogP contribution in [0.2, 0.25) is 5.02 Å². The van der Waals surface area contributed by atoms with Crippen molar-refractivity contribution in [3.63, 3.8) is 0 Å². The summed E-state index contributed by atoms with van der Waals surface area (Å²) < 4.78 is 0. The van der Waals surface area contributed by atoms with Crippen LogP contribution in [0.1, 0.15) is 10.4 Å². The fourth-order valence-electron chi connectivity index (χ4n) is 2.09. The molecule has 102 valence electrons. The number of aryl methyl sites for hydroxylation is 2. The van der Waals surface area contributed by atoms with Crippen molar-refractivity contribution in [1.29, 1.82) is 0 Å². The maximum Gasteiger partial charge on any atom is 0.172 e. The van der Waals surface area contributed by atoms with Crippen LogP contribution in [-0.4, -0.2) is 17.0 Å². The molecule has 3 nitrogen and oxygen atoms in total. The number of rotatable bonds is 2. The van der Waals surface area contributed by atoms with Gasteiger partial charge in [-0.25, -0.2) is 9.97 Å². The number of halogens is 1. The van der Waals surface area contributed by atoms with Gasteiger partial charge in [-0.05, 0) is 43.7 Å². The van der Waals surface area contributed by atoms with E-state index in [4.69, 9.17) is 11.6 Å². The van der Waals surface area contributed by atoms with E-state index in [1.807, 2.05) is 25.2 Å². The molecule has 0 fully saturated rings. The maximum absolute atomic E-state index is 6.06. The van der Waals surface area contributed by atoms with Crippen LogP contribution in [0.25, 0.3) is 21.6 Å². The van der Waals surface area contributed by atoms with Crippen molar-refractivity contribution in [2.24, 2.45) is 0 Å². The van der Waals surface area contributed by atoms with Gasteiger partial charge in [0.15, 0.2) is 5.82 Å². The van der Waals surface area contributed by atoms with E-state index in [0.29, 0.717) is 5.02 Å². The van der Waals surface area contributed by atoms with Crippen molar-refractivity contribution in [2.45, 2.75) is 13.8 Å². The number of nitrogens with zero attached hydrogens (tertiary/aromatic N) is 2. The molecule has 0 amide bonds. The number of thiophene rings is 1. The lowest BCUT2D eigenvalue weighted by Gasteiger charge is -2.07. The van der Waals surface area contributed by atoms with Gasteiger partial charge >= 0.3 is 0 Å². The summed E-state index contributed by atoms with van der Waals surface area (Å²) in [6, 6.07) is 7.80. The first-order chi connectivity index (χ1) is 9.58. The Balaban J connectivity index is 2.26. The monoisotopic (exact) mass is 303 g/mol. The van der Waals surface area contributed by atoms with Crippen LogP contribution < -0.4 is 5.32 Å². The molecule has 3 aromatic rings. The Kier molecular flexibility index (Phi) is 3.36. The highest BCUT2D eigenvalue weighted by Gasteiger charge is 2.11. The van der Waals surface area contributed by atoms with Crippen molar-refractivity contribution < 1.29 is 0 Å². The fraction of sp³-hybridized carbons (Fsp3) is 0.200. The molecule has 0 aliphatic heterocycles. The molecule has 0 aliphatic rings. The lowest BCUT2D eigenvalue weighted by molar-refractivity contribution is 1.22. The van der Waals surface area contributed by atoms with Crippen molar-refractivity contribution >= 4 is 39.7 Å². The number of anilines is 1. The predicted octanol–water partition coefficient (Wildman–Crippen LogP) is 4.67. The first-order valence-corrected chi connectivity index (χ1v) is 7.50. The van der Waals surface area contributed by atoms with Crippen LogP contribution in [-0.2, 0) is 0 Å². The van der Waals surface area contributed by atoms with Gasteiger partial charge in [0.1, 0.15) is 5.82 Å². The highest BCUT2D eigenvalue weighted by Crippen LogP contribution is 2.32. The number of hydrogen-bond donors (Lipinski definition) is 1. The van der Waals surface area contributed by atoms with Crippen LogP contribution >= 0.6 is 22.9 Å². The predicted molar refractivity (Wildman–Crippen MR) is 86.9 cm³/mol. The summed E-state index contributed by atoms with van der Waals surface area (Å²) in [4.78, 5) is 11.6. The zero-order valence-corrected chi connectivity index (χ0v) is 13.1. The van der Waals surface area contributed by atoms with E-state index in [9.17, 15) is 0 Å². The van der Waals surface area contributed by atoms with E-state index in [1.54, 1.807) is 11.3 Å². The van der Waals surface area contributed by atoms with Crippen LogP contribution in [0.15, 0.2) is 24.3 Å². The first kappa shape index (κ1) is 13.3. The summed E-state index contributed by atoms with van der Waals surface area (Å²) in [5.74, 6) is 1.57. The number of benzene rings is 1. The van der Waals surface area contributed by atoms with Crippen LogP contribution in [0.3, 0.4) is 0 Å². The lowest BCUT2D eigenvalue weighted by atomic mass is 10.2. The zero-order chi connectivity index (χ0) is 14.3. The van der Waals surface area contributed by atoms with Crippen LogP contribution in [0.5, 0.6) is 0 Å². The summed E-state index contributed by atoms with van der Waals surface area (Å²) in [5.41, 5.74) is 2.13. The fourth-order valence-corrected chi connectivity index (χ4v) is 3.22. The topological polar surface area (TPSA) is 37.8 Å². The second-order valence-electron chi connectivity index (χ2n) is 4.66. The SMILES string of the molecule is CNc1nc(-c2cc(C)c(C)s2)nc2cc(Cl)ccc12. The smallest absolute Gasteiger partial charge is 0.172 e. The third-order valence-corrected chi connectivity index (χ3v) is 4.67. The molecule has 0 saturated carbocycles. The quantitative estimate of drug-likeness (QED) is 0.747. The largest absolute Gasteiger partial charge is 0.373 e. The normalized spacial score (nSPS) is 11.0. The van der Waals surface area contributed by atoms with Gasteiger partial charge in [-0.2, -0.15) is 0 Å². The Hall–Kier alpha value is -1.65. The first-order valence-electron chi connectivity index (χ1n) is 6.31. The minimum absolute atomic E-state index is 0.683. The van der Waals surface area contributed by atoms with E-state index in [2.05, 4.69) is 35.2 Å². The maximum atomic E-state index is 6.06. The number of fused-ring (bicyclic) bond motifs is 1. The molecule has 5 heteroatoms. The Morgan fingerprint density at radius 3 is 2.60 bits per heavy atom. The summed E-state index contributed by atoms with van der Waals surface area (Å²) in [5, 5.41) is 4.79. The van der Waals surface area contributed by atoms with Crippen LogP contribution in [0.4, 0.5) is 5.82 Å². The van der Waals surface area contributed by atoms with Gasteiger partial charge in [0, 0.05) is 22.3 Å². The van der Waals surface area contributed by atoms with E-state index in [-0.39, 0.29) is 0 Å². The molecule has 0 atom stereocenters. The van der Waals surface area contributed by atoms with Gasteiger partial charge in [0.2, 0.25) is 0 Å². The molecule has 0 unspecified atom stereocenters. The van der Waals surface area contributed by atoms with Crippen LogP contribution in [0, 0.1) is 13.8 Å². The molecular weight excluding hydrogens is 290 g/mol. The standard InChI is InChI=1S/C15H14ClN3S/c1-8-6-13(20-9(8)2)15-18-12-7-10(16)4-5-11(12)14(17-3)19-15/h4-7H,1-3H3,(H,17,18,19). The molecule has 1 aromatic carbocycles. The molecule has 0 saturated heterocycles. The summed E-state index contributed by atoms with van der Waals surface area (Å²) >= 11 is 7.78. The molecule has 0 aliphatic carbocycles. The molecular formula is C15H14ClN3S. The minimum Gasteiger partial charge on any atom is -0.373 e. The van der Waals surface area contributed by atoms with Gasteiger partial charge in [0.25, 0.3) is 0 Å². The van der Waals surface area contributed by atoms with E-state index < -0.39 is 0 Å². The Morgan fingerprint density at radius 1 is 1.15 bits per heavy atom. The average molecular weight is 304 g/mol. The van der Waals surface area contributed by atoms with E-state index in [1.165, 1.54) is 10.4 Å². The van der Waals surface area contributed by atoms with E-state index in [0.717, 1.165) is 27.4 Å². The highest BCUT2D eigenvalue weighted by molar-refractivity contribution is 7.15. The van der Waals surface area contributed by atoms with Crippen molar-refractivity contribution in [2.75, 3.05) is 12.4 Å². The zero-order valence-electron chi connectivity index (χ0n) is 11.5. The van der Waals surface area contributed by atoms with Crippen molar-refractivity contribution in [3.8, 4) is 10.7 Å². The second-order valence-corrected chi connectivity index (χ2v) is 6.35. The molecule has 2 heterocycles. The summed E-state index contributed by atoms with van der Waals surface area (Å²) in [6.07, 6.45) is 0. The Morgan fingerprint density at radius 2 is 1.95 bits per heavy atom. The molecule has 0 radical (unpaired) electrons. The summed E-state index contributed by atoms with van der Waals surface area (Å²) in [7, 11) is 1.87. The number of nitrogens with one attached hydrogen (secondary N) is 1. The minimum atomic E-state index is 0.683. The molecule has 0 spiro atoms. The lowest BCUT2D eigenvalue weighted by Crippen LogP contribution is -1.98. The summed E-state index contributed by atoms with van der Waals surface area (Å²) in [6.45, 7) is 4.21. The van der Waals surface area contributed by atoms with Gasteiger partial charge in [-0.1, -0.05) is 11.6 Å². The second kappa shape index (κ2) is 5.04. The van der Waals surface area contributed by atoms with Gasteiger partial charge < -0.3 is 5.32 Å². The van der Waals surface area contributed by atoms with Gasteiger partial charge in [0.05, 0.1) is 10.4 Å². The third kappa shape index (κ3) is 2.25. The van der Waals surface area contributed by atoms with E-state index >= 15 is 0 Å². The van der Waals surface area contributed by atoms with Gasteiger partial charge in [-0.15, -0.1) is 11.3 Å². The van der Waals surface area contributed by atoms with Crippen molar-refractivity contribution in [3.05, 3.63) is 39.7 Å². The molecule has 2 aromatic heterocycles. The number of hydrogen-bond acceptors (Lipinski definition) is 4. The molecule has 20 heavy (non-hydrogen) atoms. The Bertz CT molecular complexity index is 776. The Labute approximate surface area is 126 Å². The van der Waals surface area contributed by atoms with Gasteiger partial charge in [-0.3, -0.25) is 0 Å². The molecule has 3 rings (SSSR count). The molecule has 0 bridgehead atoms. The third-order valence-electron chi connectivity index (χ3n) is 3.28.